The van der Waals surface area contributed by atoms with Crippen molar-refractivity contribution < 1.29 is 29.1 Å². The fourth-order valence-electron chi connectivity index (χ4n) is 5.58. The highest BCUT2D eigenvalue weighted by molar-refractivity contribution is 5.99. The van der Waals surface area contributed by atoms with Crippen molar-refractivity contribution in [2.24, 2.45) is 7.05 Å². The number of carboxylic acid groups (broad SMARTS) is 1. The van der Waals surface area contributed by atoms with E-state index in [9.17, 15) is 24.0 Å². The second-order valence-electron chi connectivity index (χ2n) is 11.0. The van der Waals surface area contributed by atoms with Crippen molar-refractivity contribution in [2.45, 2.75) is 52.0 Å². The Kier molecular flexibility index (Phi) is 11.0. The number of nitrogens with zero attached hydrogens (tertiary/aromatic N) is 5. The summed E-state index contributed by atoms with van der Waals surface area (Å²) < 4.78 is 3.68. The first-order chi connectivity index (χ1) is 21.6. The maximum absolute atomic E-state index is 12.6. The Bertz CT molecular complexity index is 1700. The largest absolute Gasteiger partial charge is 0.480 e. The molecular weight excluding hydrogens is 578 g/mol. The van der Waals surface area contributed by atoms with Crippen molar-refractivity contribution >= 4 is 51.8 Å². The first-order valence-electron chi connectivity index (χ1n) is 15.0. The minimum absolute atomic E-state index is 0.0363. The number of likely N-dealkylation sites (tertiary alicyclic amines) is 1. The Hall–Kier alpha value is -5.07. The number of likely N-dealkylation sites (N-methyl/N-ethyl adjacent to an activating group) is 1. The number of rotatable bonds is 11. The van der Waals surface area contributed by atoms with Crippen molar-refractivity contribution in [3.8, 4) is 11.1 Å². The Balaban J connectivity index is 0.000000591. The van der Waals surface area contributed by atoms with E-state index in [-0.39, 0.29) is 49.4 Å². The van der Waals surface area contributed by atoms with Crippen LogP contribution in [-0.2, 0) is 37.6 Å². The lowest BCUT2D eigenvalue weighted by atomic mass is 9.89. The van der Waals surface area contributed by atoms with E-state index in [1.165, 1.54) is 6.92 Å². The van der Waals surface area contributed by atoms with Crippen molar-refractivity contribution in [1.29, 1.82) is 0 Å². The van der Waals surface area contributed by atoms with E-state index in [0.29, 0.717) is 26.0 Å². The van der Waals surface area contributed by atoms with Crippen LogP contribution >= 0.6 is 0 Å². The van der Waals surface area contributed by atoms with E-state index >= 15 is 0 Å². The number of amides is 3. The molecule has 0 radical (unpaired) electrons. The number of carbonyl (C=O) groups is 5. The third-order valence-electron chi connectivity index (χ3n) is 7.79. The van der Waals surface area contributed by atoms with Crippen LogP contribution in [0.15, 0.2) is 42.6 Å². The van der Waals surface area contributed by atoms with Gasteiger partial charge in [-0.1, -0.05) is 24.3 Å². The smallest absolute Gasteiger partial charge is 0.322 e. The number of benzene rings is 2. The minimum Gasteiger partial charge on any atom is -0.480 e. The summed E-state index contributed by atoms with van der Waals surface area (Å²) in [6, 6.07) is 12.5. The number of carbonyl (C=O) groups excluding carboxylic acids is 4. The Morgan fingerprint density at radius 1 is 1.07 bits per heavy atom. The van der Waals surface area contributed by atoms with Crippen LogP contribution in [0.3, 0.4) is 0 Å². The quantitative estimate of drug-likeness (QED) is 0.216. The van der Waals surface area contributed by atoms with Crippen LogP contribution in [0.2, 0.25) is 0 Å². The molecule has 1 saturated heterocycles. The van der Waals surface area contributed by atoms with Crippen molar-refractivity contribution in [3.05, 3.63) is 48.3 Å². The summed E-state index contributed by atoms with van der Waals surface area (Å²) in [4.78, 5) is 57.2. The lowest BCUT2D eigenvalue weighted by Crippen LogP contribution is -2.38. The van der Waals surface area contributed by atoms with Crippen LogP contribution in [0.4, 0.5) is 0 Å². The number of aliphatic carboxylic acids is 1. The molecule has 13 nitrogen and oxygen atoms in total. The van der Waals surface area contributed by atoms with Gasteiger partial charge in [0.15, 0.2) is 0 Å². The molecule has 3 heterocycles. The van der Waals surface area contributed by atoms with Crippen LogP contribution in [0.1, 0.15) is 51.1 Å². The second-order valence-corrected chi connectivity index (χ2v) is 11.0. The molecule has 0 atom stereocenters. The zero-order valence-corrected chi connectivity index (χ0v) is 25.8. The van der Waals surface area contributed by atoms with Crippen LogP contribution in [-0.4, -0.2) is 85.7 Å². The van der Waals surface area contributed by atoms with Crippen LogP contribution in [0, 0.1) is 0 Å². The average molecular weight is 618 g/mol. The SMILES string of the molecule is CCNC(=O)Cn1nc(C2CCN(C(=O)CCC(C)=O)CC2)c2c(-c3ccc4cnn(C)c4c3)cccc21.O=CNCC(=O)O. The van der Waals surface area contributed by atoms with Crippen molar-refractivity contribution in [2.75, 3.05) is 26.2 Å². The number of aryl methyl sites for hydroxylation is 1. The van der Waals surface area contributed by atoms with Crippen LogP contribution in [0.5, 0.6) is 0 Å². The number of fused-ring (bicyclic) bond motifs is 2. The van der Waals surface area contributed by atoms with Gasteiger partial charge >= 0.3 is 5.97 Å². The number of hydrogen-bond donors (Lipinski definition) is 3. The van der Waals surface area contributed by atoms with E-state index in [0.717, 1.165) is 51.5 Å². The maximum Gasteiger partial charge on any atom is 0.322 e. The van der Waals surface area contributed by atoms with Gasteiger partial charge in [-0.2, -0.15) is 10.2 Å². The molecule has 1 aliphatic heterocycles. The molecule has 0 spiro atoms. The van der Waals surface area contributed by atoms with Gasteiger partial charge in [0.1, 0.15) is 18.9 Å². The fraction of sp³-hybridized carbons (Fsp3) is 0.406. The van der Waals surface area contributed by atoms with E-state index in [4.69, 9.17) is 10.2 Å². The summed E-state index contributed by atoms with van der Waals surface area (Å²) in [7, 11) is 1.94. The molecule has 3 N–H and O–H groups in total. The summed E-state index contributed by atoms with van der Waals surface area (Å²) in [5.41, 5.74) is 5.09. The van der Waals surface area contributed by atoms with Gasteiger partial charge < -0.3 is 25.4 Å². The van der Waals surface area contributed by atoms with Gasteiger partial charge in [0, 0.05) is 56.2 Å². The van der Waals surface area contributed by atoms with Gasteiger partial charge in [-0.3, -0.25) is 28.5 Å². The topological polar surface area (TPSA) is 169 Å². The molecule has 0 aliphatic carbocycles. The normalized spacial score (nSPS) is 13.3. The number of ketones is 1. The van der Waals surface area contributed by atoms with Crippen LogP contribution in [0.25, 0.3) is 32.9 Å². The van der Waals surface area contributed by atoms with Gasteiger partial charge in [0.25, 0.3) is 0 Å². The molecule has 3 amide bonds. The number of nitrogens with one attached hydrogen (secondary N) is 2. The molecule has 238 valence electrons. The lowest BCUT2D eigenvalue weighted by Gasteiger charge is -2.31. The number of hydrogen-bond acceptors (Lipinski definition) is 7. The summed E-state index contributed by atoms with van der Waals surface area (Å²) in [6.45, 7) is 5.11. The Morgan fingerprint density at radius 3 is 2.47 bits per heavy atom. The summed E-state index contributed by atoms with van der Waals surface area (Å²) in [5.74, 6) is -0.876. The zero-order valence-electron chi connectivity index (χ0n) is 25.8. The summed E-state index contributed by atoms with van der Waals surface area (Å²) in [5, 5.41) is 24.2. The summed E-state index contributed by atoms with van der Waals surface area (Å²) >= 11 is 0. The van der Waals surface area contributed by atoms with E-state index in [1.807, 2.05) is 51.9 Å². The van der Waals surface area contributed by atoms with Gasteiger partial charge in [-0.05, 0) is 49.9 Å². The minimum atomic E-state index is -1.04. The van der Waals surface area contributed by atoms with E-state index in [1.54, 1.807) is 0 Å². The van der Waals surface area contributed by atoms with Gasteiger partial charge in [0.2, 0.25) is 18.2 Å². The maximum atomic E-state index is 12.6. The van der Waals surface area contributed by atoms with Crippen molar-refractivity contribution in [3.63, 3.8) is 0 Å². The van der Waals surface area contributed by atoms with E-state index in [2.05, 4.69) is 34.7 Å². The first-order valence-corrected chi connectivity index (χ1v) is 15.0. The first kappa shape index (κ1) is 32.8. The highest BCUT2D eigenvalue weighted by atomic mass is 16.4. The van der Waals surface area contributed by atoms with Gasteiger partial charge in [-0.25, -0.2) is 0 Å². The number of piperidine rings is 1. The highest BCUT2D eigenvalue weighted by Crippen LogP contribution is 2.39. The Labute approximate surface area is 260 Å². The molecule has 5 rings (SSSR count). The molecule has 0 unspecified atom stereocenters. The molecule has 1 fully saturated rings. The number of Topliss-reactive ketones (excluding diaryl/α,β-unsaturated/α-hetero) is 1. The molecule has 0 bridgehead atoms. The molecule has 45 heavy (non-hydrogen) atoms. The second kappa shape index (κ2) is 15.1. The Morgan fingerprint density at radius 2 is 1.82 bits per heavy atom. The standard InChI is InChI=1S/C29H34N6O3.C3H5NO3/c1-4-30-26(37)18-35-24-7-5-6-23(21-9-10-22-17-31-33(3)25(22)16-21)28(24)29(32-35)20-12-14-34(15-13-20)27(38)11-8-19(2)36;5-2-4-1-3(6)7/h5-7,9-10,16-17,20H,4,8,11-15,18H2,1-3H3,(H,30,37);2H,1H2,(H,4,5)(H,6,7). The molecule has 2 aromatic heterocycles. The molecule has 2 aromatic carbocycles. The predicted octanol–water partition coefficient (Wildman–Crippen LogP) is 2.62. The van der Waals surface area contributed by atoms with Gasteiger partial charge in [-0.15, -0.1) is 0 Å². The zero-order chi connectivity index (χ0) is 32.5. The van der Waals surface area contributed by atoms with Crippen molar-refractivity contribution in [1.82, 2.24) is 35.1 Å². The fourth-order valence-corrected chi connectivity index (χ4v) is 5.58. The van der Waals surface area contributed by atoms with Crippen LogP contribution < -0.4 is 10.6 Å². The van der Waals surface area contributed by atoms with E-state index < -0.39 is 5.97 Å². The number of aromatic nitrogens is 4. The molecule has 4 aromatic rings. The van der Waals surface area contributed by atoms with Gasteiger partial charge in [0.05, 0.1) is 22.9 Å². The highest BCUT2D eigenvalue weighted by Gasteiger charge is 2.29. The molecule has 0 saturated carbocycles. The molecular formula is C32H39N7O6. The lowest BCUT2D eigenvalue weighted by molar-refractivity contribution is -0.136. The third kappa shape index (κ3) is 8.11. The molecule has 1 aliphatic rings. The monoisotopic (exact) mass is 617 g/mol. The molecule has 13 heteroatoms. The number of carboxylic acids is 1. The predicted molar refractivity (Wildman–Crippen MR) is 168 cm³/mol. The third-order valence-corrected chi connectivity index (χ3v) is 7.79. The summed E-state index contributed by atoms with van der Waals surface area (Å²) in [6.07, 6.45) is 4.33. The average Bonchev–Trinajstić information content (AvgIpc) is 3.59.